The number of rotatable bonds is 5. The first-order chi connectivity index (χ1) is 16.4. The Morgan fingerprint density at radius 3 is 1.83 bits per heavy atom. The summed E-state index contributed by atoms with van der Waals surface area (Å²) in [6.07, 6.45) is 0.290. The van der Waals surface area contributed by atoms with Crippen molar-refractivity contribution in [2.45, 2.75) is 77.2 Å². The van der Waals surface area contributed by atoms with Crippen LogP contribution < -0.4 is 10.4 Å². The number of carbonyl (C=O) groups excluding carboxylic acids is 2. The molecule has 7 heteroatoms. The van der Waals surface area contributed by atoms with Gasteiger partial charge in [0.25, 0.3) is 8.32 Å². The number of amides is 1. The molecule has 0 unspecified atom stereocenters. The van der Waals surface area contributed by atoms with E-state index in [4.69, 9.17) is 13.9 Å². The van der Waals surface area contributed by atoms with Gasteiger partial charge in [-0.3, -0.25) is 4.90 Å². The quantitative estimate of drug-likeness (QED) is 0.449. The molecule has 2 aromatic carbocycles. The first-order valence-electron chi connectivity index (χ1n) is 12.3. The molecule has 2 atom stereocenters. The Bertz CT molecular complexity index is 958. The van der Waals surface area contributed by atoms with Gasteiger partial charge >= 0.3 is 12.1 Å². The van der Waals surface area contributed by atoms with Gasteiger partial charge in [-0.15, -0.1) is 0 Å². The average molecular weight is 498 g/mol. The van der Waals surface area contributed by atoms with Crippen LogP contribution in [0.15, 0.2) is 60.7 Å². The van der Waals surface area contributed by atoms with Gasteiger partial charge < -0.3 is 13.9 Å². The molecule has 35 heavy (non-hydrogen) atoms. The molecular formula is C28H39NO5Si. The second-order valence-corrected chi connectivity index (χ2v) is 15.4. The molecule has 0 aromatic heterocycles. The summed E-state index contributed by atoms with van der Waals surface area (Å²) in [5.41, 5.74) is -0.677. The minimum Gasteiger partial charge on any atom is -0.467 e. The van der Waals surface area contributed by atoms with Crippen LogP contribution in [0, 0.1) is 0 Å². The number of esters is 1. The third kappa shape index (κ3) is 5.78. The van der Waals surface area contributed by atoms with Crippen molar-refractivity contribution >= 4 is 30.8 Å². The van der Waals surface area contributed by atoms with E-state index in [1.165, 1.54) is 12.0 Å². The molecule has 3 rings (SSSR count). The highest BCUT2D eigenvalue weighted by molar-refractivity contribution is 6.99. The molecule has 6 nitrogen and oxygen atoms in total. The van der Waals surface area contributed by atoms with E-state index in [1.54, 1.807) is 0 Å². The summed E-state index contributed by atoms with van der Waals surface area (Å²) >= 11 is 0. The van der Waals surface area contributed by atoms with Crippen molar-refractivity contribution in [3.63, 3.8) is 0 Å². The van der Waals surface area contributed by atoms with Gasteiger partial charge in [-0.25, -0.2) is 9.59 Å². The molecule has 0 spiro atoms. The van der Waals surface area contributed by atoms with Gasteiger partial charge in [0.1, 0.15) is 5.60 Å². The summed E-state index contributed by atoms with van der Waals surface area (Å²) in [5, 5.41) is 1.98. The molecule has 1 aliphatic heterocycles. The highest BCUT2D eigenvalue weighted by atomic mass is 28.4. The van der Waals surface area contributed by atoms with Crippen LogP contribution in [0.1, 0.15) is 54.4 Å². The van der Waals surface area contributed by atoms with Gasteiger partial charge in [0.15, 0.2) is 6.04 Å². The summed E-state index contributed by atoms with van der Waals surface area (Å²) in [4.78, 5) is 27.8. The molecule has 1 amide bonds. The Morgan fingerprint density at radius 2 is 1.40 bits per heavy atom. The zero-order valence-electron chi connectivity index (χ0n) is 22.0. The van der Waals surface area contributed by atoms with Crippen molar-refractivity contribution in [2.75, 3.05) is 13.7 Å². The minimum absolute atomic E-state index is 0.259. The maximum absolute atomic E-state index is 13.1. The molecule has 1 fully saturated rings. The molecule has 0 aliphatic carbocycles. The number of carbonyl (C=O) groups is 2. The van der Waals surface area contributed by atoms with Crippen LogP contribution in [-0.2, 0) is 18.7 Å². The average Bonchev–Trinajstić information content (AvgIpc) is 2.81. The standard InChI is InChI=1S/C28H39NO5Si/c1-27(2,3)33-26(31)29-20-14-19-23(24(29)25(30)32-7)34-35(28(4,5)6,21-15-10-8-11-16-21)22-17-12-9-13-18-22/h8-13,15-18,23-24H,14,19-20H2,1-7H3/t23-,24+/m1/s1. The number of piperidine rings is 1. The van der Waals surface area contributed by atoms with E-state index in [0.717, 1.165) is 10.4 Å². The monoisotopic (exact) mass is 497 g/mol. The fourth-order valence-electron chi connectivity index (χ4n) is 4.93. The van der Waals surface area contributed by atoms with Crippen LogP contribution in [0.5, 0.6) is 0 Å². The highest BCUT2D eigenvalue weighted by Crippen LogP contribution is 2.39. The van der Waals surface area contributed by atoms with E-state index in [9.17, 15) is 9.59 Å². The highest BCUT2D eigenvalue weighted by Gasteiger charge is 2.54. The molecule has 1 saturated heterocycles. The zero-order valence-corrected chi connectivity index (χ0v) is 23.0. The number of hydrogen-bond donors (Lipinski definition) is 0. The zero-order chi connectivity index (χ0) is 25.9. The van der Waals surface area contributed by atoms with Gasteiger partial charge in [-0.05, 0) is 49.0 Å². The lowest BCUT2D eigenvalue weighted by Gasteiger charge is -2.48. The Morgan fingerprint density at radius 1 is 0.886 bits per heavy atom. The molecule has 0 saturated carbocycles. The topological polar surface area (TPSA) is 65.1 Å². The molecular weight excluding hydrogens is 458 g/mol. The fourth-order valence-corrected chi connectivity index (χ4v) is 9.64. The summed E-state index contributed by atoms with van der Waals surface area (Å²) in [5.74, 6) is -0.488. The van der Waals surface area contributed by atoms with Crippen molar-refractivity contribution in [1.82, 2.24) is 4.90 Å². The van der Waals surface area contributed by atoms with E-state index in [1.807, 2.05) is 57.2 Å². The molecule has 190 valence electrons. The van der Waals surface area contributed by atoms with Crippen molar-refractivity contribution in [3.05, 3.63) is 60.7 Å². The Hall–Kier alpha value is -2.64. The Kier molecular flexibility index (Phi) is 8.12. The third-order valence-corrected chi connectivity index (χ3v) is 11.5. The van der Waals surface area contributed by atoms with Gasteiger partial charge in [-0.2, -0.15) is 0 Å². The summed E-state index contributed by atoms with van der Waals surface area (Å²) < 4.78 is 18.1. The number of methoxy groups -OCH3 is 1. The third-order valence-electron chi connectivity index (χ3n) is 6.39. The van der Waals surface area contributed by atoms with Crippen LogP contribution in [-0.4, -0.2) is 56.7 Å². The Balaban J connectivity index is 2.13. The van der Waals surface area contributed by atoms with Gasteiger partial charge in [0.05, 0.1) is 13.2 Å². The number of likely N-dealkylation sites (tertiary alicyclic amines) is 1. The number of benzene rings is 2. The van der Waals surface area contributed by atoms with Crippen molar-refractivity contribution in [1.29, 1.82) is 0 Å². The van der Waals surface area contributed by atoms with Crippen LogP contribution in [0.2, 0.25) is 5.04 Å². The van der Waals surface area contributed by atoms with Crippen LogP contribution in [0.3, 0.4) is 0 Å². The second kappa shape index (κ2) is 10.5. The smallest absolute Gasteiger partial charge is 0.411 e. The number of nitrogens with zero attached hydrogens (tertiary/aromatic N) is 1. The molecule has 0 N–H and O–H groups in total. The fraction of sp³-hybridized carbons (Fsp3) is 0.500. The van der Waals surface area contributed by atoms with E-state index in [-0.39, 0.29) is 5.04 Å². The van der Waals surface area contributed by atoms with E-state index >= 15 is 0 Å². The predicted octanol–water partition coefficient (Wildman–Crippen LogP) is 4.50. The second-order valence-electron chi connectivity index (χ2n) is 11.1. The first-order valence-corrected chi connectivity index (χ1v) is 14.2. The largest absolute Gasteiger partial charge is 0.467 e. The molecule has 1 heterocycles. The maximum atomic E-state index is 13.1. The Labute approximate surface area is 210 Å². The SMILES string of the molecule is COC(=O)[C@@H]1[C@H](O[Si](c2ccccc2)(c2ccccc2)C(C)(C)C)CCCN1C(=O)OC(C)(C)C. The van der Waals surface area contributed by atoms with Crippen molar-refractivity contribution in [3.8, 4) is 0 Å². The molecule has 1 aliphatic rings. The van der Waals surface area contributed by atoms with E-state index < -0.39 is 38.1 Å². The normalized spacial score (nSPS) is 19.2. The lowest BCUT2D eigenvalue weighted by molar-refractivity contribution is -0.152. The van der Waals surface area contributed by atoms with E-state index in [2.05, 4.69) is 45.0 Å². The minimum atomic E-state index is -2.93. The van der Waals surface area contributed by atoms with Crippen molar-refractivity contribution < 1.29 is 23.5 Å². The van der Waals surface area contributed by atoms with Gasteiger partial charge in [-0.1, -0.05) is 81.4 Å². The predicted molar refractivity (Wildman–Crippen MR) is 140 cm³/mol. The van der Waals surface area contributed by atoms with Gasteiger partial charge in [0, 0.05) is 6.54 Å². The van der Waals surface area contributed by atoms with Crippen molar-refractivity contribution in [2.24, 2.45) is 0 Å². The first kappa shape index (κ1) is 27.0. The summed E-state index contributed by atoms with van der Waals surface area (Å²) in [7, 11) is -1.58. The van der Waals surface area contributed by atoms with Gasteiger partial charge in [0.2, 0.25) is 0 Å². The number of ether oxygens (including phenoxy) is 2. The molecule has 0 radical (unpaired) electrons. The number of hydrogen-bond acceptors (Lipinski definition) is 5. The van der Waals surface area contributed by atoms with Crippen LogP contribution in [0.4, 0.5) is 4.79 Å². The van der Waals surface area contributed by atoms with E-state index in [0.29, 0.717) is 19.4 Å². The molecule has 2 aromatic rings. The van der Waals surface area contributed by atoms with Crippen LogP contribution >= 0.6 is 0 Å². The summed E-state index contributed by atoms with van der Waals surface area (Å²) in [6.45, 7) is 12.5. The summed E-state index contributed by atoms with van der Waals surface area (Å²) in [6, 6.07) is 19.7. The molecule has 0 bridgehead atoms. The maximum Gasteiger partial charge on any atom is 0.411 e. The lowest BCUT2D eigenvalue weighted by atomic mass is 9.99. The van der Waals surface area contributed by atoms with Crippen LogP contribution in [0.25, 0.3) is 0 Å². The lowest BCUT2D eigenvalue weighted by Crippen LogP contribution is -2.70.